The molecule has 3 aliphatic heterocycles. The summed E-state index contributed by atoms with van der Waals surface area (Å²) in [6, 6.07) is 4.10. The maximum atomic E-state index is 16.0. The molecule has 9 nitrogen and oxygen atoms in total. The number of nitrogens with zero attached hydrogens (tertiary/aromatic N) is 5. The molecule has 6 rings (SSSR count). The number of likely N-dealkylation sites (N-methyl/N-ethyl adjacent to an activating group) is 1. The molecule has 1 aromatic carbocycles. The zero-order valence-electron chi connectivity index (χ0n) is 28.6. The number of hydrogen-bond donors (Lipinski definition) is 0. The molecular weight excluding hydrogens is 653 g/mol. The molecule has 3 atom stereocenters. The highest BCUT2D eigenvalue weighted by atomic mass is 79.9. The van der Waals surface area contributed by atoms with Crippen LogP contribution in [-0.4, -0.2) is 87.7 Å². The topological polar surface area (TPSA) is 80.1 Å². The number of benzene rings is 1. The van der Waals surface area contributed by atoms with Crippen LogP contribution in [0.4, 0.5) is 9.18 Å². The van der Waals surface area contributed by atoms with E-state index in [4.69, 9.17) is 14.5 Å². The molecule has 3 unspecified atom stereocenters. The van der Waals surface area contributed by atoms with E-state index in [1.807, 2.05) is 52.5 Å². The van der Waals surface area contributed by atoms with Gasteiger partial charge in [-0.1, -0.05) is 13.8 Å². The van der Waals surface area contributed by atoms with Gasteiger partial charge in [0.15, 0.2) is 5.82 Å². The number of carbonyl (C=O) groups excluding carboxylic acids is 2. The summed E-state index contributed by atoms with van der Waals surface area (Å²) >= 11 is 3.43. The molecule has 3 saturated heterocycles. The summed E-state index contributed by atoms with van der Waals surface area (Å²) in [5.74, 6) is 0.00421. The number of fused-ring (bicyclic) bond motifs is 3. The largest absolute Gasteiger partial charge is 0.476 e. The first-order valence-electron chi connectivity index (χ1n) is 16.8. The van der Waals surface area contributed by atoms with Crippen LogP contribution in [0.1, 0.15) is 97.0 Å². The Kier molecular flexibility index (Phi) is 10.2. The maximum Gasteiger partial charge on any atom is 0.410 e. The summed E-state index contributed by atoms with van der Waals surface area (Å²) < 4.78 is 30.8. The predicted octanol–water partition coefficient (Wildman–Crippen LogP) is 7.76. The van der Waals surface area contributed by atoms with Crippen molar-refractivity contribution in [3.63, 3.8) is 0 Å². The van der Waals surface area contributed by atoms with Crippen LogP contribution in [0, 0.1) is 12.7 Å². The van der Waals surface area contributed by atoms with Crippen molar-refractivity contribution in [1.82, 2.24) is 24.3 Å². The standard InChI is InChI=1S/C33H43BrFN5O4.C2H6/c1-19-15-23-29(28(35)27(19)34)36-31(43-18-22-9-7-12-37(22)6)24-16-26(25-10-8-13-39(25)20(2)41)40(30(23)24)21-11-14-38(17-21)32(42)44-33(3,4)5;1-2/h15-16,21-22,25H,7-14,17-18H2,1-6H3;1-2H3. The van der Waals surface area contributed by atoms with Gasteiger partial charge in [0, 0.05) is 43.7 Å². The van der Waals surface area contributed by atoms with Crippen molar-refractivity contribution in [2.75, 3.05) is 39.8 Å². The molecule has 0 bridgehead atoms. The number of halogens is 2. The van der Waals surface area contributed by atoms with E-state index < -0.39 is 11.4 Å². The number of aromatic nitrogens is 2. The van der Waals surface area contributed by atoms with Crippen LogP contribution in [0.15, 0.2) is 16.6 Å². The molecule has 0 aliphatic carbocycles. The fraction of sp³-hybridized carbons (Fsp3) is 0.629. The number of pyridine rings is 1. The van der Waals surface area contributed by atoms with Crippen molar-refractivity contribution in [3.05, 3.63) is 33.7 Å². The van der Waals surface area contributed by atoms with Crippen LogP contribution in [0.5, 0.6) is 5.88 Å². The number of amides is 2. The van der Waals surface area contributed by atoms with Gasteiger partial charge in [-0.05, 0) is 107 Å². The lowest BCUT2D eigenvalue weighted by Crippen LogP contribution is -2.35. The fourth-order valence-corrected chi connectivity index (χ4v) is 7.50. The second-order valence-electron chi connectivity index (χ2n) is 13.7. The Morgan fingerprint density at radius 1 is 1.07 bits per heavy atom. The molecule has 0 saturated carbocycles. The fourth-order valence-electron chi connectivity index (χ4n) is 7.20. The molecule has 3 aliphatic rings. The SMILES string of the molecule is CC.CC(=O)N1CCCC1c1cc2c(OCC3CCCN3C)nc3c(F)c(Br)c(C)cc3c2n1C1CCN(C(=O)OC(C)(C)C)C1. The first kappa shape index (κ1) is 34.4. The molecule has 2 aromatic heterocycles. The molecule has 5 heterocycles. The molecule has 2 amide bonds. The molecule has 0 radical (unpaired) electrons. The number of likely N-dealkylation sites (tertiary alicyclic amines) is 3. The normalized spacial score (nSPS) is 22.1. The maximum absolute atomic E-state index is 16.0. The molecule has 0 spiro atoms. The summed E-state index contributed by atoms with van der Waals surface area (Å²) in [4.78, 5) is 36.7. The van der Waals surface area contributed by atoms with Crippen LogP contribution in [-0.2, 0) is 9.53 Å². The Morgan fingerprint density at radius 2 is 1.78 bits per heavy atom. The zero-order chi connectivity index (χ0) is 33.5. The summed E-state index contributed by atoms with van der Waals surface area (Å²) in [7, 11) is 2.10. The van der Waals surface area contributed by atoms with E-state index in [0.717, 1.165) is 54.4 Å². The third kappa shape index (κ3) is 6.59. The van der Waals surface area contributed by atoms with Gasteiger partial charge in [0.05, 0.1) is 27.5 Å². The molecule has 0 N–H and O–H groups in total. The summed E-state index contributed by atoms with van der Waals surface area (Å²) in [5, 5.41) is 1.50. The molecule has 3 fully saturated rings. The van der Waals surface area contributed by atoms with Crippen molar-refractivity contribution in [2.24, 2.45) is 0 Å². The first-order valence-corrected chi connectivity index (χ1v) is 17.5. The molecule has 252 valence electrons. The highest BCUT2D eigenvalue weighted by molar-refractivity contribution is 9.10. The van der Waals surface area contributed by atoms with Crippen LogP contribution in [0.25, 0.3) is 21.8 Å². The minimum absolute atomic E-state index is 0.0284. The average molecular weight is 703 g/mol. The van der Waals surface area contributed by atoms with E-state index in [2.05, 4.69) is 38.5 Å². The van der Waals surface area contributed by atoms with Gasteiger partial charge in [0.25, 0.3) is 0 Å². The van der Waals surface area contributed by atoms with Gasteiger partial charge < -0.3 is 28.7 Å². The monoisotopic (exact) mass is 701 g/mol. The second kappa shape index (κ2) is 13.7. The zero-order valence-corrected chi connectivity index (χ0v) is 30.2. The van der Waals surface area contributed by atoms with Gasteiger partial charge in [-0.25, -0.2) is 14.2 Å². The van der Waals surface area contributed by atoms with Crippen molar-refractivity contribution in [1.29, 1.82) is 0 Å². The molecular formula is C35H49BrFN5O4. The van der Waals surface area contributed by atoms with E-state index in [9.17, 15) is 9.59 Å². The van der Waals surface area contributed by atoms with Crippen molar-refractivity contribution in [2.45, 2.75) is 104 Å². The van der Waals surface area contributed by atoms with Gasteiger partial charge in [-0.15, -0.1) is 0 Å². The predicted molar refractivity (Wildman–Crippen MR) is 183 cm³/mol. The summed E-state index contributed by atoms with van der Waals surface area (Å²) in [6.07, 6.45) is 4.24. The van der Waals surface area contributed by atoms with Crippen molar-refractivity contribution < 1.29 is 23.5 Å². The van der Waals surface area contributed by atoms with E-state index >= 15 is 4.39 Å². The van der Waals surface area contributed by atoms with Crippen LogP contribution in [0.3, 0.4) is 0 Å². The average Bonchev–Trinajstić information content (AvgIpc) is 3.81. The molecule has 11 heteroatoms. The smallest absolute Gasteiger partial charge is 0.410 e. The number of hydrogen-bond acceptors (Lipinski definition) is 6. The number of carbonyl (C=O) groups is 2. The Balaban J connectivity index is 0.00000204. The van der Waals surface area contributed by atoms with Crippen LogP contribution in [0.2, 0.25) is 0 Å². The Morgan fingerprint density at radius 3 is 2.43 bits per heavy atom. The lowest BCUT2D eigenvalue weighted by atomic mass is 10.1. The van der Waals surface area contributed by atoms with E-state index in [0.29, 0.717) is 48.4 Å². The number of ether oxygens (including phenoxy) is 2. The van der Waals surface area contributed by atoms with Gasteiger partial charge in [-0.3, -0.25) is 4.79 Å². The van der Waals surface area contributed by atoms with E-state index in [1.165, 1.54) is 0 Å². The van der Waals surface area contributed by atoms with Gasteiger partial charge in [-0.2, -0.15) is 0 Å². The van der Waals surface area contributed by atoms with Gasteiger partial charge in [0.1, 0.15) is 17.7 Å². The summed E-state index contributed by atoms with van der Waals surface area (Å²) in [5.41, 5.74) is 2.22. The summed E-state index contributed by atoms with van der Waals surface area (Å²) in [6.45, 7) is 16.2. The third-order valence-electron chi connectivity index (χ3n) is 9.39. The lowest BCUT2D eigenvalue weighted by Gasteiger charge is -2.28. The lowest BCUT2D eigenvalue weighted by molar-refractivity contribution is -0.129. The van der Waals surface area contributed by atoms with Crippen molar-refractivity contribution in [3.8, 4) is 5.88 Å². The highest BCUT2D eigenvalue weighted by Gasteiger charge is 2.38. The van der Waals surface area contributed by atoms with Gasteiger partial charge in [0.2, 0.25) is 11.8 Å². The van der Waals surface area contributed by atoms with Crippen molar-refractivity contribution >= 4 is 49.7 Å². The minimum Gasteiger partial charge on any atom is -0.476 e. The Hall–Kier alpha value is -2.92. The third-order valence-corrected chi connectivity index (χ3v) is 10.4. The quantitative estimate of drug-likeness (QED) is 0.271. The van der Waals surface area contributed by atoms with Crippen LogP contribution < -0.4 is 4.74 Å². The van der Waals surface area contributed by atoms with E-state index in [-0.39, 0.29) is 35.6 Å². The molecule has 3 aromatic rings. The molecule has 46 heavy (non-hydrogen) atoms. The first-order chi connectivity index (χ1) is 21.8. The Bertz CT molecular complexity index is 1620. The number of rotatable bonds is 5. The van der Waals surface area contributed by atoms with Crippen LogP contribution >= 0.6 is 15.9 Å². The minimum atomic E-state index is -0.601. The second-order valence-corrected chi connectivity index (χ2v) is 14.5. The highest BCUT2D eigenvalue weighted by Crippen LogP contribution is 2.44. The Labute approximate surface area is 280 Å². The van der Waals surface area contributed by atoms with E-state index in [1.54, 1.807) is 11.8 Å². The number of aryl methyl sites for hydroxylation is 1. The van der Waals surface area contributed by atoms with Gasteiger partial charge >= 0.3 is 6.09 Å².